The van der Waals surface area contributed by atoms with Crippen molar-refractivity contribution in [2.75, 3.05) is 24.4 Å². The fraction of sp³-hybridized carbons (Fsp3) is 0.450. The van der Waals surface area contributed by atoms with E-state index in [9.17, 15) is 4.79 Å². The molecule has 1 aromatic heterocycles. The second kappa shape index (κ2) is 9.75. The van der Waals surface area contributed by atoms with Gasteiger partial charge in [-0.05, 0) is 37.1 Å². The van der Waals surface area contributed by atoms with Gasteiger partial charge in [0.05, 0.1) is 7.11 Å². The maximum atomic E-state index is 12.1. The number of aromatic nitrogens is 2. The largest absolute Gasteiger partial charge is 0.493 e. The van der Waals surface area contributed by atoms with Crippen molar-refractivity contribution in [2.24, 2.45) is 0 Å². The van der Waals surface area contributed by atoms with Crippen LogP contribution in [0.5, 0.6) is 11.5 Å². The fourth-order valence-electron chi connectivity index (χ4n) is 3.17. The van der Waals surface area contributed by atoms with Gasteiger partial charge in [-0.1, -0.05) is 37.8 Å². The predicted octanol–water partition coefficient (Wildman–Crippen LogP) is 3.64. The number of nitrogens with zero attached hydrogens (tertiary/aromatic N) is 2. The minimum absolute atomic E-state index is 0.135. The zero-order valence-electron chi connectivity index (χ0n) is 15.6. The van der Waals surface area contributed by atoms with Crippen LogP contribution in [0.4, 0.5) is 11.6 Å². The van der Waals surface area contributed by atoms with Crippen LogP contribution in [0.2, 0.25) is 0 Å². The van der Waals surface area contributed by atoms with Gasteiger partial charge in [-0.25, -0.2) is 0 Å². The molecule has 1 aliphatic rings. The number of anilines is 2. The summed E-state index contributed by atoms with van der Waals surface area (Å²) < 4.78 is 10.7. The van der Waals surface area contributed by atoms with Crippen LogP contribution in [0, 0.1) is 0 Å². The van der Waals surface area contributed by atoms with Gasteiger partial charge in [0.1, 0.15) is 5.82 Å². The third-order valence-corrected chi connectivity index (χ3v) is 4.57. The first kappa shape index (κ1) is 18.9. The first-order valence-electron chi connectivity index (χ1n) is 9.40. The van der Waals surface area contributed by atoms with E-state index >= 15 is 0 Å². The molecule has 7 nitrogen and oxygen atoms in total. The van der Waals surface area contributed by atoms with Crippen LogP contribution in [0.25, 0.3) is 0 Å². The number of rotatable bonds is 7. The first-order chi connectivity index (χ1) is 13.2. The van der Waals surface area contributed by atoms with Crippen molar-refractivity contribution in [3.8, 4) is 11.5 Å². The van der Waals surface area contributed by atoms with Crippen molar-refractivity contribution in [2.45, 2.75) is 44.6 Å². The highest BCUT2D eigenvalue weighted by Gasteiger charge is 2.13. The van der Waals surface area contributed by atoms with Gasteiger partial charge in [0.15, 0.2) is 23.9 Å². The Hall–Kier alpha value is -2.83. The van der Waals surface area contributed by atoms with Gasteiger partial charge in [0.25, 0.3) is 5.91 Å². The topological polar surface area (TPSA) is 85.4 Å². The Balaban J connectivity index is 1.48. The lowest BCUT2D eigenvalue weighted by Gasteiger charge is -2.16. The predicted molar refractivity (Wildman–Crippen MR) is 104 cm³/mol. The molecule has 0 atom stereocenters. The van der Waals surface area contributed by atoms with Gasteiger partial charge in [-0.3, -0.25) is 4.79 Å². The number of methoxy groups -OCH3 is 1. The number of benzene rings is 1. The Morgan fingerprint density at radius 2 is 1.67 bits per heavy atom. The van der Waals surface area contributed by atoms with Gasteiger partial charge in [-0.2, -0.15) is 0 Å². The summed E-state index contributed by atoms with van der Waals surface area (Å²) in [4.78, 5) is 12.1. The summed E-state index contributed by atoms with van der Waals surface area (Å²) in [5.41, 5.74) is 0. The number of ether oxygens (including phenoxy) is 2. The van der Waals surface area contributed by atoms with E-state index in [0.29, 0.717) is 23.4 Å². The smallest absolute Gasteiger partial charge is 0.263 e. The average Bonchev–Trinajstić information content (AvgIpc) is 2.97. The maximum Gasteiger partial charge on any atom is 0.263 e. The second-order valence-corrected chi connectivity index (χ2v) is 6.62. The lowest BCUT2D eigenvalue weighted by molar-refractivity contribution is -0.118. The standard InChI is InChI=1S/C20H26N4O3/c1-26-16-10-6-7-11-17(16)27-14-20(25)22-19-13-12-18(23-24-19)21-15-8-4-2-3-5-9-15/h6-7,10-13,15H,2-5,8-9,14H2,1H3,(H,21,23)(H,22,24,25). The Morgan fingerprint density at radius 1 is 1.00 bits per heavy atom. The molecule has 1 fully saturated rings. The first-order valence-corrected chi connectivity index (χ1v) is 9.40. The average molecular weight is 370 g/mol. The minimum Gasteiger partial charge on any atom is -0.493 e. The van der Waals surface area contributed by atoms with E-state index < -0.39 is 0 Å². The lowest BCUT2D eigenvalue weighted by atomic mass is 10.1. The molecule has 0 saturated heterocycles. The van der Waals surface area contributed by atoms with E-state index in [2.05, 4.69) is 20.8 Å². The summed E-state index contributed by atoms with van der Waals surface area (Å²) in [7, 11) is 1.56. The number of para-hydroxylation sites is 2. The molecule has 2 aromatic rings. The van der Waals surface area contributed by atoms with Crippen LogP contribution in [-0.4, -0.2) is 35.9 Å². The second-order valence-electron chi connectivity index (χ2n) is 6.62. The Labute approximate surface area is 159 Å². The van der Waals surface area contributed by atoms with Gasteiger partial charge >= 0.3 is 0 Å². The maximum absolute atomic E-state index is 12.1. The molecule has 0 bridgehead atoms. The molecule has 2 N–H and O–H groups in total. The number of hydrogen-bond donors (Lipinski definition) is 2. The highest BCUT2D eigenvalue weighted by atomic mass is 16.5. The van der Waals surface area contributed by atoms with Crippen molar-refractivity contribution in [3.63, 3.8) is 0 Å². The molecule has 7 heteroatoms. The quantitative estimate of drug-likeness (QED) is 0.724. The van der Waals surface area contributed by atoms with E-state index in [1.807, 2.05) is 18.2 Å². The van der Waals surface area contributed by atoms with Crippen molar-refractivity contribution >= 4 is 17.5 Å². The van der Waals surface area contributed by atoms with Crippen LogP contribution < -0.4 is 20.1 Å². The molecule has 27 heavy (non-hydrogen) atoms. The zero-order chi connectivity index (χ0) is 18.9. The summed E-state index contributed by atoms with van der Waals surface area (Å²) >= 11 is 0. The molecule has 1 aromatic carbocycles. The van der Waals surface area contributed by atoms with Crippen LogP contribution in [0.15, 0.2) is 36.4 Å². The number of amides is 1. The molecular formula is C20H26N4O3. The van der Waals surface area contributed by atoms with Crippen LogP contribution >= 0.6 is 0 Å². The van der Waals surface area contributed by atoms with E-state index in [-0.39, 0.29) is 12.5 Å². The molecule has 144 valence electrons. The monoisotopic (exact) mass is 370 g/mol. The van der Waals surface area contributed by atoms with Crippen LogP contribution in [0.1, 0.15) is 38.5 Å². The highest BCUT2D eigenvalue weighted by Crippen LogP contribution is 2.25. The van der Waals surface area contributed by atoms with Gasteiger partial charge in [0.2, 0.25) is 0 Å². The molecule has 0 spiro atoms. The van der Waals surface area contributed by atoms with Crippen molar-refractivity contribution in [1.29, 1.82) is 0 Å². The summed E-state index contributed by atoms with van der Waals surface area (Å²) in [5, 5.41) is 14.4. The summed E-state index contributed by atoms with van der Waals surface area (Å²) in [6.07, 6.45) is 7.47. The van der Waals surface area contributed by atoms with E-state index in [1.165, 1.54) is 38.5 Å². The minimum atomic E-state index is -0.306. The Kier molecular flexibility index (Phi) is 6.84. The van der Waals surface area contributed by atoms with Gasteiger partial charge in [-0.15, -0.1) is 10.2 Å². The van der Waals surface area contributed by atoms with E-state index in [1.54, 1.807) is 25.3 Å². The normalized spacial score (nSPS) is 14.9. The number of carbonyl (C=O) groups excluding carboxylic acids is 1. The van der Waals surface area contributed by atoms with Crippen molar-refractivity contribution < 1.29 is 14.3 Å². The highest BCUT2D eigenvalue weighted by molar-refractivity contribution is 5.90. The molecule has 0 radical (unpaired) electrons. The Bertz CT molecular complexity index is 728. The molecule has 1 saturated carbocycles. The molecule has 1 aliphatic carbocycles. The third-order valence-electron chi connectivity index (χ3n) is 4.57. The fourth-order valence-corrected chi connectivity index (χ4v) is 3.17. The SMILES string of the molecule is COc1ccccc1OCC(=O)Nc1ccc(NC2CCCCCC2)nn1. The summed E-state index contributed by atoms with van der Waals surface area (Å²) in [6.45, 7) is -0.135. The number of carbonyl (C=O) groups is 1. The molecule has 1 heterocycles. The molecular weight excluding hydrogens is 344 g/mol. The summed E-state index contributed by atoms with van der Waals surface area (Å²) in [5.74, 6) is 1.93. The van der Waals surface area contributed by atoms with E-state index in [0.717, 1.165) is 5.82 Å². The molecule has 3 rings (SSSR count). The Morgan fingerprint density at radius 3 is 2.33 bits per heavy atom. The van der Waals surface area contributed by atoms with Crippen LogP contribution in [-0.2, 0) is 4.79 Å². The number of hydrogen-bond acceptors (Lipinski definition) is 6. The van der Waals surface area contributed by atoms with Crippen molar-refractivity contribution in [1.82, 2.24) is 10.2 Å². The number of nitrogens with one attached hydrogen (secondary N) is 2. The van der Waals surface area contributed by atoms with Crippen molar-refractivity contribution in [3.05, 3.63) is 36.4 Å². The van der Waals surface area contributed by atoms with Gasteiger partial charge in [0, 0.05) is 6.04 Å². The summed E-state index contributed by atoms with van der Waals surface area (Å²) in [6, 6.07) is 11.2. The molecule has 1 amide bonds. The zero-order valence-corrected chi connectivity index (χ0v) is 15.6. The molecule has 0 unspecified atom stereocenters. The lowest BCUT2D eigenvalue weighted by Crippen LogP contribution is -2.22. The van der Waals surface area contributed by atoms with Crippen LogP contribution in [0.3, 0.4) is 0 Å². The third kappa shape index (κ3) is 5.84. The van der Waals surface area contributed by atoms with E-state index in [4.69, 9.17) is 9.47 Å². The van der Waals surface area contributed by atoms with Gasteiger partial charge < -0.3 is 20.1 Å². The molecule has 0 aliphatic heterocycles.